The molecule has 0 saturated carbocycles. The van der Waals surface area contributed by atoms with E-state index in [0.717, 1.165) is 23.3 Å². The van der Waals surface area contributed by atoms with E-state index in [4.69, 9.17) is 5.73 Å². The molecule has 4 rings (SSSR count). The number of rotatable bonds is 8. The lowest BCUT2D eigenvalue weighted by Crippen LogP contribution is -2.35. The Balaban J connectivity index is 1.73. The van der Waals surface area contributed by atoms with Gasteiger partial charge in [-0.25, -0.2) is 9.78 Å². The summed E-state index contributed by atoms with van der Waals surface area (Å²) in [5, 5.41) is 8.43. The number of anilines is 3. The molecule has 0 saturated heterocycles. The molecule has 0 radical (unpaired) electrons. The minimum absolute atomic E-state index is 0.109. The molecule has 1 aliphatic rings. The van der Waals surface area contributed by atoms with E-state index in [2.05, 4.69) is 20.9 Å². The molecule has 1 aromatic heterocycles. The van der Waals surface area contributed by atoms with E-state index < -0.39 is 35.3 Å². The van der Waals surface area contributed by atoms with E-state index in [1.165, 1.54) is 16.7 Å². The molecule has 2 heterocycles. The minimum atomic E-state index is -4.54. The summed E-state index contributed by atoms with van der Waals surface area (Å²) in [5.74, 6) is -0.644. The molecule has 0 spiro atoms. The lowest BCUT2D eigenvalue weighted by atomic mass is 9.93. The molecule has 12 heteroatoms. The molecular weight excluding hydrogens is 549 g/mol. The van der Waals surface area contributed by atoms with Crippen LogP contribution in [0.15, 0.2) is 47.3 Å². The highest BCUT2D eigenvalue weighted by Crippen LogP contribution is 2.36. The van der Waals surface area contributed by atoms with E-state index in [1.807, 2.05) is 45.9 Å². The number of carbonyl (C=O) groups excluding carboxylic acids is 2. The third kappa shape index (κ3) is 6.27. The smallest absolute Gasteiger partial charge is 0.373 e. The van der Waals surface area contributed by atoms with Crippen molar-refractivity contribution in [1.82, 2.24) is 9.55 Å². The summed E-state index contributed by atoms with van der Waals surface area (Å²) in [6.07, 6.45) is -4.29. The summed E-state index contributed by atoms with van der Waals surface area (Å²) in [6.45, 7) is 9.65. The number of fused-ring (bicyclic) bond motifs is 1. The average Bonchev–Trinajstić information content (AvgIpc) is 3.24. The van der Waals surface area contributed by atoms with E-state index >= 15 is 0 Å². The van der Waals surface area contributed by atoms with Gasteiger partial charge in [0.05, 0.1) is 5.56 Å². The van der Waals surface area contributed by atoms with Crippen molar-refractivity contribution in [2.24, 2.45) is 5.73 Å². The zero-order chi connectivity index (χ0) is 30.9. The number of hydrogen-bond donors (Lipinski definition) is 4. The summed E-state index contributed by atoms with van der Waals surface area (Å²) < 4.78 is 41.0. The number of nitrogens with two attached hydrogens (primary N) is 1. The Morgan fingerprint density at radius 3 is 2.21 bits per heavy atom. The number of halogens is 3. The molecule has 224 valence electrons. The van der Waals surface area contributed by atoms with E-state index in [0.29, 0.717) is 5.69 Å². The molecule has 0 fully saturated rings. The van der Waals surface area contributed by atoms with Crippen molar-refractivity contribution in [3.05, 3.63) is 80.9 Å². The van der Waals surface area contributed by atoms with Crippen molar-refractivity contribution < 1.29 is 22.8 Å². The maximum absolute atomic E-state index is 13.7. The van der Waals surface area contributed by atoms with Gasteiger partial charge in [0, 0.05) is 18.2 Å². The highest BCUT2D eigenvalue weighted by atomic mass is 19.4. The normalized spacial score (nSPS) is 16.4. The Kier molecular flexibility index (Phi) is 8.65. The van der Waals surface area contributed by atoms with E-state index in [-0.39, 0.29) is 53.6 Å². The molecule has 1 aliphatic heterocycles. The van der Waals surface area contributed by atoms with Gasteiger partial charge in [-0.1, -0.05) is 65.0 Å². The van der Waals surface area contributed by atoms with Crippen LogP contribution >= 0.6 is 0 Å². The van der Waals surface area contributed by atoms with E-state index in [1.54, 1.807) is 6.92 Å². The standard InChI is InChI=1S/C30H35F3N6O3/c1-15(2)20-10-7-11-21(16(3)4)23(20)36-29(42)38-26-24(35-14-18-8-6-9-19(13-18)30(31,32)33)28(41)39-22(25(34)40)12-17(5)27(39)37-26/h6-11,13,15-17,22,35H,12,14H2,1-5H3,(H2,34,40)(H2,36,38,42). The largest absolute Gasteiger partial charge is 0.416 e. The van der Waals surface area contributed by atoms with Crippen molar-refractivity contribution in [2.45, 2.75) is 77.6 Å². The number of amides is 3. The summed E-state index contributed by atoms with van der Waals surface area (Å²) in [5.41, 5.74) is 6.65. The van der Waals surface area contributed by atoms with Crippen LogP contribution in [0.2, 0.25) is 0 Å². The highest BCUT2D eigenvalue weighted by molar-refractivity contribution is 6.02. The number of benzene rings is 2. The second-order valence-corrected chi connectivity index (χ2v) is 11.2. The Bertz CT molecular complexity index is 1540. The number of nitrogens with one attached hydrogen (secondary N) is 3. The number of primary amides is 1. The van der Waals surface area contributed by atoms with Crippen LogP contribution in [0.5, 0.6) is 0 Å². The molecule has 9 nitrogen and oxygen atoms in total. The van der Waals surface area contributed by atoms with E-state index in [9.17, 15) is 27.6 Å². The second-order valence-electron chi connectivity index (χ2n) is 11.2. The summed E-state index contributed by atoms with van der Waals surface area (Å²) in [6, 6.07) is 8.86. The van der Waals surface area contributed by atoms with Gasteiger partial charge in [-0.2, -0.15) is 13.2 Å². The third-order valence-corrected chi connectivity index (χ3v) is 7.37. The number of aromatic nitrogens is 2. The van der Waals surface area contributed by atoms with Gasteiger partial charge >= 0.3 is 12.2 Å². The predicted molar refractivity (Wildman–Crippen MR) is 156 cm³/mol. The average molecular weight is 585 g/mol. The van der Waals surface area contributed by atoms with Crippen LogP contribution in [-0.4, -0.2) is 21.5 Å². The lowest BCUT2D eigenvalue weighted by molar-refractivity contribution is -0.137. The fourth-order valence-electron chi connectivity index (χ4n) is 5.23. The number of alkyl halides is 3. The topological polar surface area (TPSA) is 131 Å². The SMILES string of the molecule is CC(C)c1cccc(C(C)C)c1NC(=O)Nc1nc2n(c(=O)c1NCc1cccc(C(F)(F)F)c1)C(C(N)=O)CC2C. The number of carbonyl (C=O) groups is 2. The van der Waals surface area contributed by atoms with Crippen LogP contribution < -0.4 is 27.2 Å². The first-order valence-electron chi connectivity index (χ1n) is 13.8. The highest BCUT2D eigenvalue weighted by Gasteiger charge is 2.36. The summed E-state index contributed by atoms with van der Waals surface area (Å²) >= 11 is 0. The second kappa shape index (κ2) is 11.9. The van der Waals surface area contributed by atoms with Crippen LogP contribution in [0.3, 0.4) is 0 Å². The van der Waals surface area contributed by atoms with Gasteiger partial charge in [0.1, 0.15) is 17.6 Å². The molecule has 2 aromatic carbocycles. The number of nitrogens with zero attached hydrogens (tertiary/aromatic N) is 2. The van der Waals surface area contributed by atoms with Crippen LogP contribution in [0.25, 0.3) is 0 Å². The number of urea groups is 1. The van der Waals surface area contributed by atoms with Gasteiger partial charge in [-0.3, -0.25) is 19.5 Å². The van der Waals surface area contributed by atoms with Crippen molar-refractivity contribution in [3.8, 4) is 0 Å². The minimum Gasteiger partial charge on any atom is -0.373 e. The predicted octanol–water partition coefficient (Wildman–Crippen LogP) is 6.30. The maximum Gasteiger partial charge on any atom is 0.416 e. The van der Waals surface area contributed by atoms with Crippen molar-refractivity contribution in [3.63, 3.8) is 0 Å². The van der Waals surface area contributed by atoms with Crippen molar-refractivity contribution in [1.29, 1.82) is 0 Å². The number of hydrogen-bond acceptors (Lipinski definition) is 5. The molecule has 0 bridgehead atoms. The van der Waals surface area contributed by atoms with Gasteiger partial charge in [-0.15, -0.1) is 0 Å². The van der Waals surface area contributed by atoms with Gasteiger partial charge in [-0.05, 0) is 47.1 Å². The molecule has 0 aliphatic carbocycles. The number of para-hydroxylation sites is 1. The van der Waals surface area contributed by atoms with Crippen molar-refractivity contribution >= 4 is 29.1 Å². The van der Waals surface area contributed by atoms with Gasteiger partial charge in [0.15, 0.2) is 5.82 Å². The monoisotopic (exact) mass is 584 g/mol. The molecule has 3 amide bonds. The third-order valence-electron chi connectivity index (χ3n) is 7.37. The van der Waals surface area contributed by atoms with Crippen LogP contribution in [-0.2, 0) is 17.5 Å². The Labute approximate surface area is 241 Å². The Morgan fingerprint density at radius 1 is 1.02 bits per heavy atom. The van der Waals surface area contributed by atoms with Gasteiger partial charge < -0.3 is 16.4 Å². The Morgan fingerprint density at radius 2 is 1.64 bits per heavy atom. The summed E-state index contributed by atoms with van der Waals surface area (Å²) in [7, 11) is 0. The maximum atomic E-state index is 13.7. The fraction of sp³-hybridized carbons (Fsp3) is 0.400. The molecule has 2 unspecified atom stereocenters. The molecule has 5 N–H and O–H groups in total. The zero-order valence-electron chi connectivity index (χ0n) is 24.1. The molecule has 42 heavy (non-hydrogen) atoms. The van der Waals surface area contributed by atoms with Gasteiger partial charge in [0.2, 0.25) is 5.91 Å². The fourth-order valence-corrected chi connectivity index (χ4v) is 5.23. The zero-order valence-corrected chi connectivity index (χ0v) is 24.1. The van der Waals surface area contributed by atoms with Crippen LogP contribution in [0.4, 0.5) is 35.2 Å². The van der Waals surface area contributed by atoms with Crippen LogP contribution in [0.1, 0.15) is 92.9 Å². The molecule has 3 aromatic rings. The first kappa shape index (κ1) is 30.6. The van der Waals surface area contributed by atoms with Gasteiger partial charge in [0.25, 0.3) is 5.56 Å². The quantitative estimate of drug-likeness (QED) is 0.247. The van der Waals surface area contributed by atoms with Crippen LogP contribution in [0, 0.1) is 0 Å². The molecular formula is C30H35F3N6O3. The lowest BCUT2D eigenvalue weighted by Gasteiger charge is -2.21. The molecule has 2 atom stereocenters. The van der Waals surface area contributed by atoms with Crippen molar-refractivity contribution in [2.75, 3.05) is 16.0 Å². The first-order chi connectivity index (χ1) is 19.7. The summed E-state index contributed by atoms with van der Waals surface area (Å²) in [4.78, 5) is 43.8. The first-order valence-corrected chi connectivity index (χ1v) is 13.8. The Hall–Kier alpha value is -4.35.